The number of benzene rings is 1. The number of anilines is 1. The van der Waals surface area contributed by atoms with Crippen molar-refractivity contribution in [1.29, 1.82) is 0 Å². The quantitative estimate of drug-likeness (QED) is 0.670. The topological polar surface area (TPSA) is 76.2 Å². The van der Waals surface area contributed by atoms with Crippen molar-refractivity contribution in [3.8, 4) is 0 Å². The average molecular weight is 295 g/mol. The highest BCUT2D eigenvalue weighted by molar-refractivity contribution is 5.92. The van der Waals surface area contributed by atoms with Gasteiger partial charge in [0.25, 0.3) is 0 Å². The van der Waals surface area contributed by atoms with E-state index >= 15 is 0 Å². The molecular formula is C17H21N5. The summed E-state index contributed by atoms with van der Waals surface area (Å²) in [6.45, 7) is 2.52. The lowest BCUT2D eigenvalue weighted by Crippen LogP contribution is -2.23. The predicted octanol–water partition coefficient (Wildman–Crippen LogP) is 2.24. The van der Waals surface area contributed by atoms with Gasteiger partial charge in [0.15, 0.2) is 5.96 Å². The van der Waals surface area contributed by atoms with Gasteiger partial charge >= 0.3 is 0 Å². The molecular weight excluding hydrogens is 274 g/mol. The molecule has 1 aromatic heterocycles. The Morgan fingerprint density at radius 3 is 2.91 bits per heavy atom. The van der Waals surface area contributed by atoms with E-state index in [0.29, 0.717) is 12.5 Å². The maximum absolute atomic E-state index is 5.94. The molecule has 0 spiro atoms. The smallest absolute Gasteiger partial charge is 0.193 e. The molecule has 114 valence electrons. The van der Waals surface area contributed by atoms with Crippen LogP contribution in [0.2, 0.25) is 0 Å². The minimum absolute atomic E-state index is 0.443. The van der Waals surface area contributed by atoms with Crippen molar-refractivity contribution in [2.75, 3.05) is 11.9 Å². The van der Waals surface area contributed by atoms with Crippen LogP contribution < -0.4 is 11.1 Å². The van der Waals surface area contributed by atoms with E-state index in [1.165, 1.54) is 24.0 Å². The van der Waals surface area contributed by atoms with Crippen LogP contribution in [-0.4, -0.2) is 22.5 Å². The lowest BCUT2D eigenvalue weighted by atomic mass is 10.1. The fourth-order valence-electron chi connectivity index (χ4n) is 2.68. The first kappa shape index (κ1) is 14.5. The zero-order valence-electron chi connectivity index (χ0n) is 12.8. The maximum atomic E-state index is 5.94. The van der Waals surface area contributed by atoms with Gasteiger partial charge in [-0.25, -0.2) is 0 Å². The highest BCUT2D eigenvalue weighted by atomic mass is 15.1. The monoisotopic (exact) mass is 295 g/mol. The molecule has 0 bridgehead atoms. The van der Waals surface area contributed by atoms with Gasteiger partial charge in [0.1, 0.15) is 0 Å². The number of nitrogens with zero attached hydrogens (tertiary/aromatic N) is 3. The van der Waals surface area contributed by atoms with Crippen LogP contribution in [0.5, 0.6) is 0 Å². The molecule has 1 aromatic carbocycles. The van der Waals surface area contributed by atoms with E-state index in [1.54, 1.807) is 12.4 Å². The van der Waals surface area contributed by atoms with Gasteiger partial charge in [-0.15, -0.1) is 0 Å². The number of fused-ring (bicyclic) bond motifs is 1. The van der Waals surface area contributed by atoms with Crippen LogP contribution in [0.25, 0.3) is 0 Å². The Balaban J connectivity index is 1.55. The van der Waals surface area contributed by atoms with Crippen LogP contribution in [0, 0.1) is 6.92 Å². The number of guanidine groups is 1. The van der Waals surface area contributed by atoms with E-state index < -0.39 is 0 Å². The maximum Gasteiger partial charge on any atom is 0.193 e. The van der Waals surface area contributed by atoms with Gasteiger partial charge in [-0.3, -0.25) is 15.0 Å². The third kappa shape index (κ3) is 3.61. The number of aliphatic imine (C=N–C) groups is 1. The Hall–Kier alpha value is -2.43. The van der Waals surface area contributed by atoms with Gasteiger partial charge in [0, 0.05) is 31.0 Å². The molecule has 0 atom stereocenters. The zero-order chi connectivity index (χ0) is 15.4. The van der Waals surface area contributed by atoms with E-state index in [-0.39, 0.29) is 0 Å². The average Bonchev–Trinajstić information content (AvgIpc) is 2.97. The molecule has 2 aromatic rings. The van der Waals surface area contributed by atoms with Crippen molar-refractivity contribution < 1.29 is 0 Å². The van der Waals surface area contributed by atoms with Crippen LogP contribution in [0.3, 0.4) is 0 Å². The molecule has 0 amide bonds. The SMILES string of the molecule is Cc1cnc(CCN=C(N)Nc2ccc3c(c2)CCC3)cn1. The fraction of sp³-hybridized carbons (Fsp3) is 0.353. The first-order valence-corrected chi connectivity index (χ1v) is 7.67. The number of nitrogens with two attached hydrogens (primary N) is 1. The molecule has 0 unspecified atom stereocenters. The number of hydrogen-bond acceptors (Lipinski definition) is 3. The normalized spacial score (nSPS) is 14.0. The molecule has 3 N–H and O–H groups in total. The number of nitrogens with one attached hydrogen (secondary N) is 1. The molecule has 0 radical (unpaired) electrons. The molecule has 5 nitrogen and oxygen atoms in total. The summed E-state index contributed by atoms with van der Waals surface area (Å²) in [5.41, 5.74) is 11.7. The minimum Gasteiger partial charge on any atom is -0.370 e. The summed E-state index contributed by atoms with van der Waals surface area (Å²) in [4.78, 5) is 12.9. The molecule has 1 aliphatic rings. The number of aromatic nitrogens is 2. The van der Waals surface area contributed by atoms with Crippen LogP contribution >= 0.6 is 0 Å². The molecule has 0 saturated heterocycles. The van der Waals surface area contributed by atoms with Gasteiger partial charge < -0.3 is 11.1 Å². The van der Waals surface area contributed by atoms with E-state index in [9.17, 15) is 0 Å². The first-order chi connectivity index (χ1) is 10.7. The fourth-order valence-corrected chi connectivity index (χ4v) is 2.68. The Morgan fingerprint density at radius 2 is 2.09 bits per heavy atom. The Labute approximate surface area is 130 Å². The van der Waals surface area contributed by atoms with E-state index in [0.717, 1.165) is 29.9 Å². The van der Waals surface area contributed by atoms with E-state index in [1.807, 2.05) is 6.92 Å². The van der Waals surface area contributed by atoms with Gasteiger partial charge in [-0.1, -0.05) is 6.07 Å². The second-order valence-electron chi connectivity index (χ2n) is 5.63. The molecule has 22 heavy (non-hydrogen) atoms. The highest BCUT2D eigenvalue weighted by Crippen LogP contribution is 2.24. The molecule has 1 aliphatic carbocycles. The van der Waals surface area contributed by atoms with E-state index in [4.69, 9.17) is 5.73 Å². The van der Waals surface area contributed by atoms with Gasteiger partial charge in [-0.2, -0.15) is 0 Å². The molecule has 5 heteroatoms. The highest BCUT2D eigenvalue weighted by Gasteiger charge is 2.10. The standard InChI is InChI=1S/C17H21N5/c1-12-10-21-16(11-20-12)7-8-19-17(18)22-15-6-5-13-3-2-4-14(13)9-15/h5-6,9-11H,2-4,7-8H2,1H3,(H3,18,19,22). The summed E-state index contributed by atoms with van der Waals surface area (Å²) in [5.74, 6) is 0.443. The number of rotatable bonds is 4. The Bertz CT molecular complexity index is 676. The summed E-state index contributed by atoms with van der Waals surface area (Å²) in [5, 5.41) is 3.16. The molecule has 3 rings (SSSR count). The lowest BCUT2D eigenvalue weighted by Gasteiger charge is -2.08. The lowest BCUT2D eigenvalue weighted by molar-refractivity contribution is 0.898. The number of hydrogen-bond donors (Lipinski definition) is 2. The minimum atomic E-state index is 0.443. The first-order valence-electron chi connectivity index (χ1n) is 7.67. The molecule has 1 heterocycles. The van der Waals surface area contributed by atoms with Crippen LogP contribution in [0.15, 0.2) is 35.6 Å². The van der Waals surface area contributed by atoms with Gasteiger partial charge in [-0.05, 0) is 49.4 Å². The van der Waals surface area contributed by atoms with Crippen molar-refractivity contribution in [3.63, 3.8) is 0 Å². The summed E-state index contributed by atoms with van der Waals surface area (Å²) >= 11 is 0. The molecule has 0 aliphatic heterocycles. The molecule has 0 saturated carbocycles. The number of aryl methyl sites for hydroxylation is 3. The largest absolute Gasteiger partial charge is 0.370 e. The second-order valence-corrected chi connectivity index (χ2v) is 5.63. The second kappa shape index (κ2) is 6.56. The van der Waals surface area contributed by atoms with Crippen LogP contribution in [0.1, 0.15) is 28.9 Å². The summed E-state index contributed by atoms with van der Waals surface area (Å²) < 4.78 is 0. The van der Waals surface area contributed by atoms with Gasteiger partial charge in [0.2, 0.25) is 0 Å². The van der Waals surface area contributed by atoms with E-state index in [2.05, 4.69) is 38.5 Å². The summed E-state index contributed by atoms with van der Waals surface area (Å²) in [6, 6.07) is 6.42. The van der Waals surface area contributed by atoms with Crippen molar-refractivity contribution in [3.05, 3.63) is 53.1 Å². The van der Waals surface area contributed by atoms with Crippen molar-refractivity contribution in [1.82, 2.24) is 9.97 Å². The predicted molar refractivity (Wildman–Crippen MR) is 89.1 cm³/mol. The Morgan fingerprint density at radius 1 is 1.23 bits per heavy atom. The van der Waals surface area contributed by atoms with Crippen LogP contribution in [-0.2, 0) is 19.3 Å². The van der Waals surface area contributed by atoms with Crippen molar-refractivity contribution >= 4 is 11.6 Å². The zero-order valence-corrected chi connectivity index (χ0v) is 12.8. The van der Waals surface area contributed by atoms with Crippen molar-refractivity contribution in [2.45, 2.75) is 32.6 Å². The third-order valence-corrected chi connectivity index (χ3v) is 3.86. The van der Waals surface area contributed by atoms with Crippen LogP contribution in [0.4, 0.5) is 5.69 Å². The summed E-state index contributed by atoms with van der Waals surface area (Å²) in [6.07, 6.45) is 7.89. The van der Waals surface area contributed by atoms with Gasteiger partial charge in [0.05, 0.1) is 11.4 Å². The third-order valence-electron chi connectivity index (χ3n) is 3.86. The van der Waals surface area contributed by atoms with Crippen molar-refractivity contribution in [2.24, 2.45) is 10.7 Å². The Kier molecular flexibility index (Phi) is 4.32. The summed E-state index contributed by atoms with van der Waals surface area (Å²) in [7, 11) is 0. The molecule has 0 fully saturated rings.